The summed E-state index contributed by atoms with van der Waals surface area (Å²) in [5.74, 6) is 0. The molecule has 0 aromatic rings. The zero-order valence-corrected chi connectivity index (χ0v) is 8.47. The summed E-state index contributed by atoms with van der Waals surface area (Å²) in [5.41, 5.74) is 5.68. The van der Waals surface area contributed by atoms with Crippen LogP contribution in [0.15, 0.2) is 0 Å². The summed E-state index contributed by atoms with van der Waals surface area (Å²) in [6.45, 7) is 1.90. The van der Waals surface area contributed by atoms with Crippen LogP contribution < -0.4 is 5.73 Å². The molecule has 0 spiro atoms. The SMILES string of the molecule is COC(C)C(N)([SiH3])OC. The van der Waals surface area contributed by atoms with Crippen LogP contribution in [0.25, 0.3) is 0 Å². The fourth-order valence-corrected chi connectivity index (χ4v) is 0.636. The smallest absolute Gasteiger partial charge is 0.117 e. The molecule has 9 heavy (non-hydrogen) atoms. The predicted molar refractivity (Wildman–Crippen MR) is 40.3 cm³/mol. The van der Waals surface area contributed by atoms with Crippen LogP contribution in [0, 0.1) is 0 Å². The van der Waals surface area contributed by atoms with Gasteiger partial charge in [-0.15, -0.1) is 0 Å². The van der Waals surface area contributed by atoms with E-state index < -0.39 is 5.35 Å². The maximum Gasteiger partial charge on any atom is 0.117 e. The summed E-state index contributed by atoms with van der Waals surface area (Å²) in [6, 6.07) is 0. The van der Waals surface area contributed by atoms with Gasteiger partial charge in [-0.3, -0.25) is 0 Å². The van der Waals surface area contributed by atoms with E-state index in [4.69, 9.17) is 15.2 Å². The number of hydrogen-bond donors (Lipinski definition) is 1. The monoisotopic (exact) mass is 149 g/mol. The van der Waals surface area contributed by atoms with Crippen molar-refractivity contribution in [2.75, 3.05) is 14.2 Å². The first-order chi connectivity index (χ1) is 4.04. The van der Waals surface area contributed by atoms with Gasteiger partial charge in [-0.2, -0.15) is 0 Å². The third kappa shape index (κ3) is 2.44. The van der Waals surface area contributed by atoms with E-state index in [9.17, 15) is 0 Å². The van der Waals surface area contributed by atoms with Crippen LogP contribution in [0.5, 0.6) is 0 Å². The van der Waals surface area contributed by atoms with Crippen molar-refractivity contribution in [1.82, 2.24) is 0 Å². The van der Waals surface area contributed by atoms with Crippen molar-refractivity contribution >= 4 is 10.2 Å². The Kier molecular flexibility index (Phi) is 3.35. The molecule has 0 rings (SSSR count). The fraction of sp³-hybridized carbons (Fsp3) is 1.00. The Hall–Kier alpha value is 0.0969. The highest BCUT2D eigenvalue weighted by molar-refractivity contribution is 6.14. The average molecular weight is 149 g/mol. The first kappa shape index (κ1) is 9.10. The van der Waals surface area contributed by atoms with Crippen LogP contribution >= 0.6 is 0 Å². The lowest BCUT2D eigenvalue weighted by atomic mass is 10.3. The zero-order chi connectivity index (χ0) is 7.49. The van der Waals surface area contributed by atoms with Crippen LogP contribution in [-0.4, -0.2) is 35.9 Å². The molecule has 0 bridgehead atoms. The van der Waals surface area contributed by atoms with E-state index in [-0.39, 0.29) is 6.10 Å². The normalized spacial score (nSPS) is 21.3. The van der Waals surface area contributed by atoms with Gasteiger partial charge in [0.1, 0.15) is 5.35 Å². The molecule has 2 unspecified atom stereocenters. The van der Waals surface area contributed by atoms with Crippen molar-refractivity contribution in [3.63, 3.8) is 0 Å². The quantitative estimate of drug-likeness (QED) is 0.398. The summed E-state index contributed by atoms with van der Waals surface area (Å²) in [7, 11) is 4.00. The first-order valence-corrected chi connectivity index (χ1v) is 3.91. The molecule has 2 atom stereocenters. The summed E-state index contributed by atoms with van der Waals surface area (Å²) >= 11 is 0. The van der Waals surface area contributed by atoms with E-state index in [1.807, 2.05) is 6.92 Å². The Bertz CT molecular complexity index is 87.0. The molecule has 2 N–H and O–H groups in total. The average Bonchev–Trinajstić information content (AvgIpc) is 1.86. The highest BCUT2D eigenvalue weighted by Gasteiger charge is 2.24. The van der Waals surface area contributed by atoms with E-state index in [1.54, 1.807) is 14.2 Å². The summed E-state index contributed by atoms with van der Waals surface area (Å²) < 4.78 is 10.00. The first-order valence-electron chi connectivity index (χ1n) is 2.91. The summed E-state index contributed by atoms with van der Waals surface area (Å²) in [6.07, 6.45) is -0.0193. The summed E-state index contributed by atoms with van der Waals surface area (Å²) in [4.78, 5) is 0. The van der Waals surface area contributed by atoms with Gasteiger partial charge in [0.15, 0.2) is 0 Å². The lowest BCUT2D eigenvalue weighted by molar-refractivity contribution is -0.0517. The van der Waals surface area contributed by atoms with Crippen LogP contribution in [-0.2, 0) is 9.47 Å². The van der Waals surface area contributed by atoms with Crippen molar-refractivity contribution in [2.45, 2.75) is 18.4 Å². The Morgan fingerprint density at radius 3 is 2.11 bits per heavy atom. The second-order valence-corrected chi connectivity index (χ2v) is 3.83. The van der Waals surface area contributed by atoms with Gasteiger partial charge in [0, 0.05) is 14.2 Å². The van der Waals surface area contributed by atoms with E-state index in [2.05, 4.69) is 0 Å². The third-order valence-electron chi connectivity index (χ3n) is 1.60. The molecular weight excluding hydrogens is 134 g/mol. The number of ether oxygens (including phenoxy) is 2. The number of hydrogen-bond acceptors (Lipinski definition) is 3. The minimum atomic E-state index is -0.533. The topological polar surface area (TPSA) is 44.5 Å². The van der Waals surface area contributed by atoms with Crippen LogP contribution in [0.1, 0.15) is 6.92 Å². The Morgan fingerprint density at radius 1 is 1.56 bits per heavy atom. The van der Waals surface area contributed by atoms with Gasteiger partial charge in [0.2, 0.25) is 0 Å². The zero-order valence-electron chi connectivity index (χ0n) is 6.47. The second kappa shape index (κ2) is 3.31. The van der Waals surface area contributed by atoms with Crippen molar-refractivity contribution in [3.05, 3.63) is 0 Å². The van der Waals surface area contributed by atoms with Crippen LogP contribution in [0.3, 0.4) is 0 Å². The molecule has 0 amide bonds. The van der Waals surface area contributed by atoms with Gasteiger partial charge >= 0.3 is 0 Å². The van der Waals surface area contributed by atoms with E-state index >= 15 is 0 Å². The van der Waals surface area contributed by atoms with Crippen molar-refractivity contribution in [3.8, 4) is 0 Å². The standard InChI is InChI=1S/C5H15NO2Si/c1-4(7-2)5(6,9)8-3/h4H,6H2,1-3,9H3. The Labute approximate surface area is 58.9 Å². The van der Waals surface area contributed by atoms with E-state index in [0.717, 1.165) is 10.2 Å². The van der Waals surface area contributed by atoms with Gasteiger partial charge in [0.05, 0.1) is 16.3 Å². The molecule has 0 aromatic heterocycles. The molecule has 0 saturated heterocycles. The number of rotatable bonds is 3. The van der Waals surface area contributed by atoms with Gasteiger partial charge < -0.3 is 15.2 Å². The molecule has 56 valence electrons. The highest BCUT2D eigenvalue weighted by atomic mass is 28.1. The minimum absolute atomic E-state index is 0.0193. The molecule has 0 heterocycles. The van der Waals surface area contributed by atoms with Gasteiger partial charge in [-0.1, -0.05) is 0 Å². The largest absolute Gasteiger partial charge is 0.378 e. The molecule has 0 aliphatic rings. The van der Waals surface area contributed by atoms with Gasteiger partial charge in [-0.05, 0) is 6.92 Å². The maximum absolute atomic E-state index is 5.68. The number of nitrogens with two attached hydrogens (primary N) is 1. The van der Waals surface area contributed by atoms with Crippen molar-refractivity contribution in [2.24, 2.45) is 5.73 Å². The molecular formula is C5H15NO2Si. The molecule has 4 heteroatoms. The van der Waals surface area contributed by atoms with Crippen molar-refractivity contribution < 1.29 is 9.47 Å². The minimum Gasteiger partial charge on any atom is -0.378 e. The Balaban J connectivity index is 3.80. The predicted octanol–water partition coefficient (Wildman–Crippen LogP) is -1.35. The van der Waals surface area contributed by atoms with Crippen LogP contribution in [0.4, 0.5) is 0 Å². The van der Waals surface area contributed by atoms with E-state index in [0.29, 0.717) is 0 Å². The molecule has 0 aromatic carbocycles. The van der Waals surface area contributed by atoms with Crippen molar-refractivity contribution in [1.29, 1.82) is 0 Å². The molecule has 0 fully saturated rings. The lowest BCUT2D eigenvalue weighted by Gasteiger charge is -2.28. The van der Waals surface area contributed by atoms with E-state index in [1.165, 1.54) is 0 Å². The molecule has 0 saturated carbocycles. The fourth-order valence-electron chi connectivity index (χ4n) is 0.400. The number of methoxy groups -OCH3 is 2. The Morgan fingerprint density at radius 2 is 2.00 bits per heavy atom. The van der Waals surface area contributed by atoms with Gasteiger partial charge in [0.25, 0.3) is 0 Å². The van der Waals surface area contributed by atoms with Gasteiger partial charge in [-0.25, -0.2) is 0 Å². The molecule has 0 radical (unpaired) electrons. The molecule has 3 nitrogen and oxygen atoms in total. The second-order valence-electron chi connectivity index (χ2n) is 2.27. The third-order valence-corrected chi connectivity index (χ3v) is 2.82. The maximum atomic E-state index is 5.68. The lowest BCUT2D eigenvalue weighted by Crippen LogP contribution is -2.52. The summed E-state index contributed by atoms with van der Waals surface area (Å²) in [5, 5.41) is -0.533. The molecule has 0 aliphatic heterocycles. The highest BCUT2D eigenvalue weighted by Crippen LogP contribution is 2.04. The van der Waals surface area contributed by atoms with Crippen LogP contribution in [0.2, 0.25) is 0 Å². The molecule has 0 aliphatic carbocycles.